The van der Waals surface area contributed by atoms with Crippen molar-refractivity contribution >= 4 is 11.9 Å². The van der Waals surface area contributed by atoms with Gasteiger partial charge in [-0.25, -0.2) is 9.59 Å². The zero-order chi connectivity index (χ0) is 5.15. The molecule has 0 saturated carbocycles. The molecule has 0 saturated heterocycles. The van der Waals surface area contributed by atoms with E-state index in [1.54, 1.807) is 0 Å². The second-order valence-corrected chi connectivity index (χ2v) is 0.610. The largest absolute Gasteiger partial charge is 4.00 e. The first-order chi connectivity index (χ1) is 2.64. The SMILES string of the molecule is O=C(O)C(=O)O.[Na+].[Zr+4]. The van der Waals surface area contributed by atoms with Gasteiger partial charge < -0.3 is 10.2 Å². The number of carbonyl (C=O) groups is 2. The fourth-order valence-corrected chi connectivity index (χ4v) is 0. The molecule has 2 N–H and O–H groups in total. The van der Waals surface area contributed by atoms with Crippen molar-refractivity contribution in [3.05, 3.63) is 0 Å². The van der Waals surface area contributed by atoms with Gasteiger partial charge in [-0.3, -0.25) is 0 Å². The Labute approximate surface area is 86.7 Å². The second kappa shape index (κ2) is 7.82. The number of rotatable bonds is 0. The van der Waals surface area contributed by atoms with E-state index in [0.29, 0.717) is 0 Å². The molecule has 0 aromatic carbocycles. The summed E-state index contributed by atoms with van der Waals surface area (Å²) in [6.07, 6.45) is 0. The van der Waals surface area contributed by atoms with Crippen LogP contribution < -0.4 is 29.6 Å². The molecular weight excluding hydrogens is 202 g/mol. The number of hydrogen-bond acceptors (Lipinski definition) is 2. The van der Waals surface area contributed by atoms with Crippen molar-refractivity contribution in [1.29, 1.82) is 0 Å². The minimum absolute atomic E-state index is 0. The summed E-state index contributed by atoms with van der Waals surface area (Å²) in [7, 11) is 0. The Morgan fingerprint density at radius 3 is 1.12 bits per heavy atom. The monoisotopic (exact) mass is 203 g/mol. The zero-order valence-corrected chi connectivity index (χ0v) is 8.67. The van der Waals surface area contributed by atoms with E-state index in [4.69, 9.17) is 19.8 Å². The number of aliphatic carboxylic acids is 2. The third-order valence-corrected chi connectivity index (χ3v) is 0.183. The van der Waals surface area contributed by atoms with E-state index in [9.17, 15) is 0 Å². The van der Waals surface area contributed by atoms with Crippen molar-refractivity contribution in [3.8, 4) is 0 Å². The third kappa shape index (κ3) is 9.95. The normalized spacial score (nSPS) is 5.50. The number of carboxylic acid groups (broad SMARTS) is 2. The maximum atomic E-state index is 9.10. The molecule has 0 unspecified atom stereocenters. The van der Waals surface area contributed by atoms with E-state index in [1.807, 2.05) is 0 Å². The van der Waals surface area contributed by atoms with Crippen LogP contribution in [0.1, 0.15) is 0 Å². The molecule has 0 spiro atoms. The molecule has 0 aliphatic rings. The van der Waals surface area contributed by atoms with Crippen LogP contribution in [0.15, 0.2) is 0 Å². The van der Waals surface area contributed by atoms with E-state index in [1.165, 1.54) is 0 Å². The molecule has 0 aromatic rings. The fourth-order valence-electron chi connectivity index (χ4n) is 0. The Morgan fingerprint density at radius 1 is 1.00 bits per heavy atom. The van der Waals surface area contributed by atoms with Crippen LogP contribution in [0.2, 0.25) is 0 Å². The van der Waals surface area contributed by atoms with Crippen molar-refractivity contribution in [1.82, 2.24) is 0 Å². The first-order valence-corrected chi connectivity index (χ1v) is 1.11. The van der Waals surface area contributed by atoms with Gasteiger partial charge in [-0.1, -0.05) is 0 Å². The molecule has 0 bridgehead atoms. The number of hydrogen-bond donors (Lipinski definition) is 2. The van der Waals surface area contributed by atoms with Crippen molar-refractivity contribution in [3.63, 3.8) is 0 Å². The van der Waals surface area contributed by atoms with Gasteiger partial charge in [0.05, 0.1) is 0 Å². The van der Waals surface area contributed by atoms with Crippen LogP contribution in [0, 0.1) is 0 Å². The van der Waals surface area contributed by atoms with Gasteiger partial charge in [-0.2, -0.15) is 0 Å². The van der Waals surface area contributed by atoms with Gasteiger partial charge in [0.15, 0.2) is 0 Å². The van der Waals surface area contributed by atoms with Gasteiger partial charge in [0.25, 0.3) is 0 Å². The van der Waals surface area contributed by atoms with Crippen LogP contribution in [0.25, 0.3) is 0 Å². The molecular formula is C2H2NaO4Zr+5. The summed E-state index contributed by atoms with van der Waals surface area (Å²) >= 11 is 0. The smallest absolute Gasteiger partial charge is 0.473 e. The topological polar surface area (TPSA) is 74.6 Å². The van der Waals surface area contributed by atoms with Crippen LogP contribution in [0.5, 0.6) is 0 Å². The Hall–Kier alpha value is 0.823. The molecule has 0 amide bonds. The van der Waals surface area contributed by atoms with Crippen LogP contribution >= 0.6 is 0 Å². The average Bonchev–Trinajstić information content (AvgIpc) is 1.36. The predicted octanol–water partition coefficient (Wildman–Crippen LogP) is -3.84. The van der Waals surface area contributed by atoms with Gasteiger partial charge in [0.1, 0.15) is 0 Å². The Balaban J connectivity index is -0.000000125. The molecule has 0 aliphatic carbocycles. The van der Waals surface area contributed by atoms with Crippen LogP contribution in [-0.2, 0) is 35.8 Å². The van der Waals surface area contributed by atoms with Crippen molar-refractivity contribution in [2.75, 3.05) is 0 Å². The maximum absolute atomic E-state index is 9.10. The van der Waals surface area contributed by atoms with Crippen LogP contribution in [0.4, 0.5) is 0 Å². The molecule has 0 heterocycles. The summed E-state index contributed by atoms with van der Waals surface area (Å²) in [5.41, 5.74) is 0. The average molecular weight is 204 g/mol. The molecule has 8 heavy (non-hydrogen) atoms. The Bertz CT molecular complexity index is 80.0. The first-order valence-electron chi connectivity index (χ1n) is 1.11. The summed E-state index contributed by atoms with van der Waals surface area (Å²) in [6.45, 7) is 0. The van der Waals surface area contributed by atoms with E-state index in [-0.39, 0.29) is 55.8 Å². The first kappa shape index (κ1) is 15.9. The van der Waals surface area contributed by atoms with Gasteiger partial charge in [0.2, 0.25) is 0 Å². The molecule has 0 rings (SSSR count). The Kier molecular flexibility index (Phi) is 15.6. The molecule has 6 heteroatoms. The van der Waals surface area contributed by atoms with Crippen LogP contribution in [-0.4, -0.2) is 22.2 Å². The quantitative estimate of drug-likeness (QED) is 0.313. The van der Waals surface area contributed by atoms with Crippen molar-refractivity contribution in [2.45, 2.75) is 0 Å². The molecule has 0 radical (unpaired) electrons. The van der Waals surface area contributed by atoms with E-state index < -0.39 is 11.9 Å². The van der Waals surface area contributed by atoms with E-state index in [0.717, 1.165) is 0 Å². The minimum atomic E-state index is -1.82. The summed E-state index contributed by atoms with van der Waals surface area (Å²) in [5.74, 6) is -3.65. The van der Waals surface area contributed by atoms with Crippen LogP contribution in [0.3, 0.4) is 0 Å². The molecule has 34 valence electrons. The van der Waals surface area contributed by atoms with Gasteiger partial charge >= 0.3 is 67.7 Å². The summed E-state index contributed by atoms with van der Waals surface area (Å²) in [4.78, 5) is 18.2. The third-order valence-electron chi connectivity index (χ3n) is 0.183. The van der Waals surface area contributed by atoms with Crippen molar-refractivity contribution < 1.29 is 75.6 Å². The molecule has 0 fully saturated rings. The predicted molar refractivity (Wildman–Crippen MR) is 15.3 cm³/mol. The van der Waals surface area contributed by atoms with Crippen molar-refractivity contribution in [2.24, 2.45) is 0 Å². The summed E-state index contributed by atoms with van der Waals surface area (Å²) in [5, 5.41) is 14.8. The van der Waals surface area contributed by atoms with Gasteiger partial charge in [-0.15, -0.1) is 0 Å². The molecule has 0 aromatic heterocycles. The zero-order valence-electron chi connectivity index (χ0n) is 4.21. The molecule has 0 atom stereocenters. The summed E-state index contributed by atoms with van der Waals surface area (Å²) < 4.78 is 0. The minimum Gasteiger partial charge on any atom is -0.473 e. The van der Waals surface area contributed by atoms with E-state index >= 15 is 0 Å². The molecule has 0 aliphatic heterocycles. The summed E-state index contributed by atoms with van der Waals surface area (Å²) in [6, 6.07) is 0. The van der Waals surface area contributed by atoms with Gasteiger partial charge in [-0.05, 0) is 0 Å². The van der Waals surface area contributed by atoms with E-state index in [2.05, 4.69) is 0 Å². The van der Waals surface area contributed by atoms with Gasteiger partial charge in [0, 0.05) is 0 Å². The maximum Gasteiger partial charge on any atom is 4.00 e. The molecule has 4 nitrogen and oxygen atoms in total. The Morgan fingerprint density at radius 2 is 1.12 bits per heavy atom. The second-order valence-electron chi connectivity index (χ2n) is 0.610. The standard InChI is InChI=1S/C2H2O4.Na.Zr/c3-1(4)2(5)6;;/h(H,3,4)(H,5,6);;/q;+1;+4. The number of carboxylic acids is 2. The fraction of sp³-hybridized carbons (Fsp3) is 0.